The Kier molecular flexibility index (Phi) is 7.29. The number of imidazole rings is 1. The van der Waals surface area contributed by atoms with Gasteiger partial charge in [-0.2, -0.15) is 0 Å². The van der Waals surface area contributed by atoms with Gasteiger partial charge in [-0.3, -0.25) is 4.79 Å². The van der Waals surface area contributed by atoms with E-state index in [0.717, 1.165) is 28.7 Å². The van der Waals surface area contributed by atoms with Crippen LogP contribution in [0, 0.1) is 27.7 Å². The zero-order chi connectivity index (χ0) is 19.3. The molecule has 2 rings (SSSR count). The Morgan fingerprint density at radius 3 is 2.65 bits per heavy atom. The van der Waals surface area contributed by atoms with Gasteiger partial charge in [-0.05, 0) is 51.3 Å². The summed E-state index contributed by atoms with van der Waals surface area (Å²) in [7, 11) is 1.69. The van der Waals surface area contributed by atoms with Crippen LogP contribution in [0.1, 0.15) is 41.0 Å². The molecular formula is C20H29N3O2S. The number of nitrogens with one attached hydrogen (secondary N) is 1. The molecule has 142 valence electrons. The molecule has 1 heterocycles. The topological polar surface area (TPSA) is 56.1 Å². The number of methoxy groups -OCH3 is 1. The van der Waals surface area contributed by atoms with Crippen molar-refractivity contribution in [2.45, 2.75) is 52.4 Å². The molecule has 0 saturated carbocycles. The Morgan fingerprint density at radius 2 is 2.00 bits per heavy atom. The lowest BCUT2D eigenvalue weighted by molar-refractivity contribution is -0.119. The van der Waals surface area contributed by atoms with Crippen molar-refractivity contribution in [1.29, 1.82) is 0 Å². The predicted molar refractivity (Wildman–Crippen MR) is 107 cm³/mol. The van der Waals surface area contributed by atoms with Gasteiger partial charge in [-0.1, -0.05) is 30.0 Å². The van der Waals surface area contributed by atoms with Gasteiger partial charge in [0.1, 0.15) is 0 Å². The molecule has 1 aromatic heterocycles. The summed E-state index contributed by atoms with van der Waals surface area (Å²) < 4.78 is 7.29. The Balaban J connectivity index is 1.96. The van der Waals surface area contributed by atoms with Crippen molar-refractivity contribution >= 4 is 17.7 Å². The second kappa shape index (κ2) is 9.24. The van der Waals surface area contributed by atoms with Crippen LogP contribution in [0.5, 0.6) is 0 Å². The van der Waals surface area contributed by atoms with E-state index in [1.165, 1.54) is 22.9 Å². The fraction of sp³-hybridized carbons (Fsp3) is 0.500. The van der Waals surface area contributed by atoms with Gasteiger partial charge in [0.05, 0.1) is 24.1 Å². The first-order chi connectivity index (χ1) is 12.3. The lowest BCUT2D eigenvalue weighted by Gasteiger charge is -2.16. The van der Waals surface area contributed by atoms with Crippen LogP contribution < -0.4 is 5.32 Å². The molecule has 1 aromatic carbocycles. The van der Waals surface area contributed by atoms with Gasteiger partial charge in [-0.15, -0.1) is 0 Å². The van der Waals surface area contributed by atoms with Crippen LogP contribution >= 0.6 is 11.8 Å². The zero-order valence-electron chi connectivity index (χ0n) is 16.5. The average Bonchev–Trinajstić information content (AvgIpc) is 2.87. The number of thioether (sulfide) groups is 1. The van der Waals surface area contributed by atoms with E-state index in [1.807, 2.05) is 20.8 Å². The number of amides is 1. The minimum atomic E-state index is -0.0147. The van der Waals surface area contributed by atoms with Crippen molar-refractivity contribution < 1.29 is 9.53 Å². The number of nitrogens with zero attached hydrogens (tertiary/aromatic N) is 2. The van der Waals surface area contributed by atoms with Crippen LogP contribution in [-0.2, 0) is 16.1 Å². The Bertz CT molecular complexity index is 771. The van der Waals surface area contributed by atoms with E-state index < -0.39 is 0 Å². The molecule has 1 amide bonds. The van der Waals surface area contributed by atoms with Crippen LogP contribution in [0.2, 0.25) is 0 Å². The number of carbonyl (C=O) groups excluding carboxylic acids is 1. The lowest BCUT2D eigenvalue weighted by Crippen LogP contribution is -2.28. The minimum absolute atomic E-state index is 0.0114. The molecule has 1 atom stereocenters. The Morgan fingerprint density at radius 1 is 1.27 bits per heavy atom. The van der Waals surface area contributed by atoms with Crippen LogP contribution in [0.25, 0.3) is 0 Å². The molecule has 26 heavy (non-hydrogen) atoms. The Hall–Kier alpha value is -1.79. The maximum atomic E-state index is 12.4. The van der Waals surface area contributed by atoms with E-state index in [-0.39, 0.29) is 11.9 Å². The maximum Gasteiger partial charge on any atom is 0.230 e. The summed E-state index contributed by atoms with van der Waals surface area (Å²) in [5.41, 5.74) is 5.74. The molecule has 0 bridgehead atoms. The first kappa shape index (κ1) is 20.5. The quantitative estimate of drug-likeness (QED) is 0.714. The van der Waals surface area contributed by atoms with Crippen LogP contribution in [0.4, 0.5) is 0 Å². The predicted octanol–water partition coefficient (Wildman–Crippen LogP) is 3.73. The van der Waals surface area contributed by atoms with E-state index >= 15 is 0 Å². The summed E-state index contributed by atoms with van der Waals surface area (Å²) in [6.45, 7) is 11.6. The van der Waals surface area contributed by atoms with E-state index in [0.29, 0.717) is 12.4 Å². The molecule has 5 nitrogen and oxygen atoms in total. The van der Waals surface area contributed by atoms with E-state index in [2.05, 4.69) is 46.9 Å². The first-order valence-corrected chi connectivity index (χ1v) is 9.84. The third-order valence-corrected chi connectivity index (χ3v) is 5.66. The molecule has 0 saturated heterocycles. The van der Waals surface area contributed by atoms with E-state index in [9.17, 15) is 4.79 Å². The van der Waals surface area contributed by atoms with Crippen molar-refractivity contribution in [3.63, 3.8) is 0 Å². The highest BCUT2D eigenvalue weighted by Crippen LogP contribution is 2.22. The number of aromatic nitrogens is 2. The van der Waals surface area contributed by atoms with Gasteiger partial charge in [-0.25, -0.2) is 4.98 Å². The minimum Gasteiger partial charge on any atom is -0.383 e. The van der Waals surface area contributed by atoms with Crippen LogP contribution in [-0.4, -0.2) is 34.9 Å². The molecule has 6 heteroatoms. The zero-order valence-corrected chi connectivity index (χ0v) is 17.4. The Labute approximate surface area is 160 Å². The standard InChI is InChI=1S/C20H29N3O2S/c1-13-7-8-18(11-14(13)2)16(4)21-19(24)12-26-20-22-15(3)17(5)23(20)9-10-25-6/h7-8,11,16H,9-10,12H2,1-6H3,(H,21,24). The molecule has 0 aliphatic rings. The largest absolute Gasteiger partial charge is 0.383 e. The third-order valence-electron chi connectivity index (χ3n) is 4.68. The van der Waals surface area contributed by atoms with E-state index in [4.69, 9.17) is 4.74 Å². The molecule has 0 fully saturated rings. The number of ether oxygens (including phenoxy) is 1. The van der Waals surface area contributed by atoms with Crippen molar-refractivity contribution in [2.75, 3.05) is 19.5 Å². The average molecular weight is 376 g/mol. The van der Waals surface area contributed by atoms with Crippen molar-refractivity contribution in [3.8, 4) is 0 Å². The number of aryl methyl sites for hydroxylation is 3. The van der Waals surface area contributed by atoms with Gasteiger partial charge in [0.2, 0.25) is 5.91 Å². The van der Waals surface area contributed by atoms with Crippen molar-refractivity contribution in [1.82, 2.24) is 14.9 Å². The molecule has 2 aromatic rings. The van der Waals surface area contributed by atoms with Crippen molar-refractivity contribution in [3.05, 3.63) is 46.3 Å². The molecular weight excluding hydrogens is 346 g/mol. The summed E-state index contributed by atoms with van der Waals surface area (Å²) in [5.74, 6) is 0.357. The second-order valence-corrected chi connectivity index (χ2v) is 7.57. The number of benzene rings is 1. The molecule has 0 radical (unpaired) electrons. The van der Waals surface area contributed by atoms with E-state index in [1.54, 1.807) is 7.11 Å². The van der Waals surface area contributed by atoms with Gasteiger partial charge in [0.25, 0.3) is 0 Å². The number of carbonyl (C=O) groups is 1. The number of hydrogen-bond acceptors (Lipinski definition) is 4. The molecule has 0 aliphatic carbocycles. The fourth-order valence-corrected chi connectivity index (χ4v) is 3.64. The number of rotatable bonds is 8. The molecule has 1 N–H and O–H groups in total. The SMILES string of the molecule is COCCn1c(SCC(=O)NC(C)c2ccc(C)c(C)c2)nc(C)c1C. The highest BCUT2D eigenvalue weighted by molar-refractivity contribution is 7.99. The van der Waals surface area contributed by atoms with Gasteiger partial charge in [0.15, 0.2) is 5.16 Å². The summed E-state index contributed by atoms with van der Waals surface area (Å²) in [5, 5.41) is 3.94. The lowest BCUT2D eigenvalue weighted by atomic mass is 10.0. The third kappa shape index (κ3) is 5.11. The monoisotopic (exact) mass is 375 g/mol. The summed E-state index contributed by atoms with van der Waals surface area (Å²) in [6, 6.07) is 6.29. The molecule has 1 unspecified atom stereocenters. The second-order valence-electron chi connectivity index (χ2n) is 6.63. The van der Waals surface area contributed by atoms with Gasteiger partial charge >= 0.3 is 0 Å². The summed E-state index contributed by atoms with van der Waals surface area (Å²) >= 11 is 1.47. The van der Waals surface area contributed by atoms with Gasteiger partial charge < -0.3 is 14.6 Å². The van der Waals surface area contributed by atoms with Crippen LogP contribution in [0.3, 0.4) is 0 Å². The highest BCUT2D eigenvalue weighted by atomic mass is 32.2. The smallest absolute Gasteiger partial charge is 0.230 e. The molecule has 0 aliphatic heterocycles. The van der Waals surface area contributed by atoms with Gasteiger partial charge in [0, 0.05) is 19.3 Å². The summed E-state index contributed by atoms with van der Waals surface area (Å²) in [4.78, 5) is 17.0. The first-order valence-electron chi connectivity index (χ1n) is 8.85. The number of hydrogen-bond donors (Lipinski definition) is 1. The normalized spacial score (nSPS) is 12.2. The maximum absolute atomic E-state index is 12.4. The summed E-state index contributed by atoms with van der Waals surface area (Å²) in [6.07, 6.45) is 0. The highest BCUT2D eigenvalue weighted by Gasteiger charge is 2.15. The fourth-order valence-electron chi connectivity index (χ4n) is 2.71. The van der Waals surface area contributed by atoms with Crippen LogP contribution in [0.15, 0.2) is 23.4 Å². The molecule has 0 spiro atoms. The van der Waals surface area contributed by atoms with Crippen molar-refractivity contribution in [2.24, 2.45) is 0 Å².